The monoisotopic (exact) mass is 223 g/mol. The lowest BCUT2D eigenvalue weighted by Gasteiger charge is -2.28. The van der Waals surface area contributed by atoms with Crippen molar-refractivity contribution in [1.82, 2.24) is 15.1 Å². The Labute approximate surface area is 99.2 Å². The first-order valence-electron chi connectivity index (χ1n) is 6.40. The number of nitrogens with zero attached hydrogens (tertiary/aromatic N) is 2. The lowest BCUT2D eigenvalue weighted by molar-refractivity contribution is 0.329. The van der Waals surface area contributed by atoms with E-state index in [1.54, 1.807) is 0 Å². The van der Waals surface area contributed by atoms with Crippen molar-refractivity contribution >= 4 is 0 Å². The summed E-state index contributed by atoms with van der Waals surface area (Å²) < 4.78 is 2.02. The molecule has 0 aliphatic rings. The molecule has 3 nitrogen and oxygen atoms in total. The van der Waals surface area contributed by atoms with Crippen LogP contribution in [0.15, 0.2) is 12.4 Å². The first-order valence-corrected chi connectivity index (χ1v) is 6.40. The topological polar surface area (TPSA) is 29.9 Å². The molecule has 0 atom stereocenters. The van der Waals surface area contributed by atoms with Gasteiger partial charge in [-0.3, -0.25) is 4.68 Å². The van der Waals surface area contributed by atoms with Gasteiger partial charge >= 0.3 is 0 Å². The molecule has 0 unspecified atom stereocenters. The van der Waals surface area contributed by atoms with Crippen LogP contribution in [0.3, 0.4) is 0 Å². The fraction of sp³-hybridized carbons (Fsp3) is 0.769. The predicted octanol–water partition coefficient (Wildman–Crippen LogP) is 2.96. The highest BCUT2D eigenvalue weighted by Gasteiger charge is 2.18. The van der Waals surface area contributed by atoms with Crippen LogP contribution in [0.2, 0.25) is 0 Å². The van der Waals surface area contributed by atoms with Crippen LogP contribution in [0.4, 0.5) is 0 Å². The van der Waals surface area contributed by atoms with E-state index in [1.807, 2.05) is 10.9 Å². The number of rotatable bonds is 7. The summed E-state index contributed by atoms with van der Waals surface area (Å²) in [6.07, 6.45) is 7.56. The van der Waals surface area contributed by atoms with Gasteiger partial charge < -0.3 is 5.32 Å². The molecule has 1 aromatic heterocycles. The van der Waals surface area contributed by atoms with Crippen molar-refractivity contribution in [1.29, 1.82) is 0 Å². The molecule has 0 saturated heterocycles. The van der Waals surface area contributed by atoms with Gasteiger partial charge in [-0.05, 0) is 26.2 Å². The highest BCUT2D eigenvalue weighted by molar-refractivity contribution is 5.04. The number of hydrogen-bond donors (Lipinski definition) is 1. The quantitative estimate of drug-likeness (QED) is 0.770. The minimum Gasteiger partial charge on any atom is -0.307 e. The molecule has 92 valence electrons. The second kappa shape index (κ2) is 6.04. The number of hydrogen-bond acceptors (Lipinski definition) is 2. The fourth-order valence-corrected chi connectivity index (χ4v) is 1.66. The van der Waals surface area contributed by atoms with Gasteiger partial charge in [0.05, 0.1) is 6.20 Å². The highest BCUT2D eigenvalue weighted by Crippen LogP contribution is 2.14. The van der Waals surface area contributed by atoms with Crippen molar-refractivity contribution in [2.75, 3.05) is 0 Å². The minimum absolute atomic E-state index is 0.257. The summed E-state index contributed by atoms with van der Waals surface area (Å²) >= 11 is 0. The van der Waals surface area contributed by atoms with Crippen LogP contribution in [0.5, 0.6) is 0 Å². The molecular weight excluding hydrogens is 198 g/mol. The molecule has 0 amide bonds. The van der Waals surface area contributed by atoms with Gasteiger partial charge in [0.2, 0.25) is 0 Å². The lowest BCUT2D eigenvalue weighted by Crippen LogP contribution is -2.40. The van der Waals surface area contributed by atoms with Crippen molar-refractivity contribution in [3.8, 4) is 0 Å². The van der Waals surface area contributed by atoms with Gasteiger partial charge in [0, 0.05) is 30.4 Å². The normalized spacial score (nSPS) is 12.0. The molecule has 0 radical (unpaired) electrons. The van der Waals surface area contributed by atoms with Crippen molar-refractivity contribution < 1.29 is 0 Å². The molecule has 0 aliphatic carbocycles. The predicted molar refractivity (Wildman–Crippen MR) is 68.3 cm³/mol. The second-order valence-electron chi connectivity index (χ2n) is 4.73. The maximum absolute atomic E-state index is 4.33. The van der Waals surface area contributed by atoms with E-state index in [2.05, 4.69) is 44.3 Å². The first-order chi connectivity index (χ1) is 7.63. The van der Waals surface area contributed by atoms with Gasteiger partial charge in [-0.1, -0.05) is 20.8 Å². The molecule has 1 N–H and O–H groups in total. The van der Waals surface area contributed by atoms with Crippen molar-refractivity contribution in [2.24, 2.45) is 0 Å². The average molecular weight is 223 g/mol. The molecular formula is C13H25N3. The maximum Gasteiger partial charge on any atom is 0.0534 e. The third kappa shape index (κ3) is 3.63. The van der Waals surface area contributed by atoms with Crippen molar-refractivity contribution in [3.63, 3.8) is 0 Å². The summed E-state index contributed by atoms with van der Waals surface area (Å²) in [6, 6.07) is 0. The van der Waals surface area contributed by atoms with Gasteiger partial charge in [0.1, 0.15) is 0 Å². The summed E-state index contributed by atoms with van der Waals surface area (Å²) in [6.45, 7) is 10.9. The molecule has 16 heavy (non-hydrogen) atoms. The van der Waals surface area contributed by atoms with Gasteiger partial charge in [-0.15, -0.1) is 0 Å². The third-order valence-corrected chi connectivity index (χ3v) is 3.42. The Balaban J connectivity index is 2.47. The Kier molecular flexibility index (Phi) is 5.00. The van der Waals surface area contributed by atoms with Gasteiger partial charge in [-0.2, -0.15) is 5.10 Å². The molecule has 0 fully saturated rings. The summed E-state index contributed by atoms with van der Waals surface area (Å²) in [5.41, 5.74) is 1.54. The van der Waals surface area contributed by atoms with Crippen LogP contribution in [0.1, 0.15) is 52.5 Å². The molecule has 0 aliphatic heterocycles. The van der Waals surface area contributed by atoms with E-state index in [4.69, 9.17) is 0 Å². The Morgan fingerprint density at radius 3 is 2.56 bits per heavy atom. The summed E-state index contributed by atoms with van der Waals surface area (Å²) in [5.74, 6) is 0. The van der Waals surface area contributed by atoms with Crippen LogP contribution in [0, 0.1) is 0 Å². The zero-order chi connectivity index (χ0) is 12.0. The standard InChI is InChI=1S/C13H25N3/c1-5-8-16-11-12(10-15-16)9-14-13(4,6-2)7-3/h10-11,14H,5-9H2,1-4H3. The van der Waals surface area contributed by atoms with E-state index in [9.17, 15) is 0 Å². The second-order valence-corrected chi connectivity index (χ2v) is 4.73. The zero-order valence-corrected chi connectivity index (χ0v) is 11.1. The fourth-order valence-electron chi connectivity index (χ4n) is 1.66. The summed E-state index contributed by atoms with van der Waals surface area (Å²) in [7, 11) is 0. The maximum atomic E-state index is 4.33. The molecule has 0 aromatic carbocycles. The van der Waals surface area contributed by atoms with E-state index < -0.39 is 0 Å². The molecule has 1 rings (SSSR count). The van der Waals surface area contributed by atoms with E-state index >= 15 is 0 Å². The van der Waals surface area contributed by atoms with Crippen molar-refractivity contribution in [2.45, 2.75) is 65.6 Å². The number of aromatic nitrogens is 2. The van der Waals surface area contributed by atoms with E-state index in [0.29, 0.717) is 0 Å². The first kappa shape index (κ1) is 13.2. The van der Waals surface area contributed by atoms with Crippen LogP contribution in [-0.2, 0) is 13.1 Å². The van der Waals surface area contributed by atoms with Crippen molar-refractivity contribution in [3.05, 3.63) is 18.0 Å². The van der Waals surface area contributed by atoms with Crippen LogP contribution >= 0.6 is 0 Å². The molecule has 0 bridgehead atoms. The minimum atomic E-state index is 0.257. The number of aryl methyl sites for hydroxylation is 1. The van der Waals surface area contributed by atoms with E-state index in [0.717, 1.165) is 32.4 Å². The van der Waals surface area contributed by atoms with Gasteiger partial charge in [0.15, 0.2) is 0 Å². The van der Waals surface area contributed by atoms with E-state index in [-0.39, 0.29) is 5.54 Å². The number of nitrogens with one attached hydrogen (secondary N) is 1. The van der Waals surface area contributed by atoms with Crippen LogP contribution in [-0.4, -0.2) is 15.3 Å². The largest absolute Gasteiger partial charge is 0.307 e. The van der Waals surface area contributed by atoms with Crippen LogP contribution < -0.4 is 5.32 Å². The Morgan fingerprint density at radius 1 is 1.31 bits per heavy atom. The Morgan fingerprint density at radius 2 is 2.00 bits per heavy atom. The molecule has 3 heteroatoms. The lowest BCUT2D eigenvalue weighted by atomic mass is 9.95. The van der Waals surface area contributed by atoms with Crippen LogP contribution in [0.25, 0.3) is 0 Å². The SMILES string of the molecule is CCCn1cc(CNC(C)(CC)CC)cn1. The summed E-state index contributed by atoms with van der Waals surface area (Å²) in [5, 5.41) is 7.95. The molecule has 1 aromatic rings. The Hall–Kier alpha value is -0.830. The molecule has 0 saturated carbocycles. The Bertz CT molecular complexity index is 300. The van der Waals surface area contributed by atoms with Gasteiger partial charge in [0.25, 0.3) is 0 Å². The molecule has 1 heterocycles. The van der Waals surface area contributed by atoms with Gasteiger partial charge in [-0.25, -0.2) is 0 Å². The molecule has 0 spiro atoms. The smallest absolute Gasteiger partial charge is 0.0534 e. The van der Waals surface area contributed by atoms with E-state index in [1.165, 1.54) is 5.56 Å². The summed E-state index contributed by atoms with van der Waals surface area (Å²) in [4.78, 5) is 0. The average Bonchev–Trinajstić information content (AvgIpc) is 2.74. The zero-order valence-electron chi connectivity index (χ0n) is 11.1. The highest BCUT2D eigenvalue weighted by atomic mass is 15.3. The third-order valence-electron chi connectivity index (χ3n) is 3.42.